The van der Waals surface area contributed by atoms with Crippen LogP contribution in [0, 0.1) is 13.8 Å². The Morgan fingerprint density at radius 3 is 2.39 bits per heavy atom. The number of para-hydroxylation sites is 1. The molecule has 0 atom stereocenters. The molecule has 1 heterocycles. The second-order valence-corrected chi connectivity index (χ2v) is 8.48. The number of nitrogens with zero attached hydrogens (tertiary/aromatic N) is 3. The quantitative estimate of drug-likeness (QED) is 0.715. The van der Waals surface area contributed by atoms with Gasteiger partial charge in [-0.3, -0.25) is 4.79 Å². The third-order valence-corrected chi connectivity index (χ3v) is 5.27. The maximum Gasteiger partial charge on any atom is 0.243 e. The van der Waals surface area contributed by atoms with Crippen LogP contribution in [0.2, 0.25) is 0 Å². The van der Waals surface area contributed by atoms with Crippen LogP contribution in [0.15, 0.2) is 53.6 Å². The lowest BCUT2D eigenvalue weighted by Crippen LogP contribution is -2.41. The SMILES string of the molecule is Cc1cc(C)cc(C2=NN(C(=O)CCCN(C)c3ccccc3)C(C)(C)C2)c1. The molecule has 0 fully saturated rings. The van der Waals surface area contributed by atoms with E-state index < -0.39 is 0 Å². The summed E-state index contributed by atoms with van der Waals surface area (Å²) < 4.78 is 0. The third kappa shape index (κ3) is 4.61. The van der Waals surface area contributed by atoms with Crippen molar-refractivity contribution in [3.05, 3.63) is 65.2 Å². The highest BCUT2D eigenvalue weighted by Gasteiger charge is 2.38. The molecular weight excluding hydrogens is 346 g/mol. The molecule has 0 aliphatic carbocycles. The number of amides is 1. The minimum atomic E-state index is -0.282. The van der Waals surface area contributed by atoms with Gasteiger partial charge in [-0.05, 0) is 51.8 Å². The number of hydrogen-bond donors (Lipinski definition) is 0. The molecule has 2 aromatic carbocycles. The number of aryl methyl sites for hydroxylation is 2. The second-order valence-electron chi connectivity index (χ2n) is 8.48. The lowest BCUT2D eigenvalue weighted by atomic mass is 9.93. The molecule has 0 unspecified atom stereocenters. The van der Waals surface area contributed by atoms with Gasteiger partial charge in [0.2, 0.25) is 5.91 Å². The van der Waals surface area contributed by atoms with E-state index in [0.29, 0.717) is 6.42 Å². The first-order valence-electron chi connectivity index (χ1n) is 10.0. The van der Waals surface area contributed by atoms with Gasteiger partial charge in [0.05, 0.1) is 11.3 Å². The molecule has 1 aliphatic heterocycles. The number of rotatable bonds is 6. The molecule has 148 valence electrons. The van der Waals surface area contributed by atoms with E-state index in [1.807, 2.05) is 18.2 Å². The van der Waals surface area contributed by atoms with Crippen LogP contribution in [0.25, 0.3) is 0 Å². The Balaban J connectivity index is 1.64. The van der Waals surface area contributed by atoms with Gasteiger partial charge in [0.15, 0.2) is 0 Å². The topological polar surface area (TPSA) is 35.9 Å². The summed E-state index contributed by atoms with van der Waals surface area (Å²) in [4.78, 5) is 15.1. The van der Waals surface area contributed by atoms with E-state index in [1.54, 1.807) is 5.01 Å². The summed E-state index contributed by atoms with van der Waals surface area (Å²) >= 11 is 0. The fourth-order valence-electron chi connectivity index (χ4n) is 3.86. The molecule has 3 rings (SSSR count). The Kier molecular flexibility index (Phi) is 5.87. The number of benzene rings is 2. The van der Waals surface area contributed by atoms with Crippen LogP contribution < -0.4 is 4.90 Å². The van der Waals surface area contributed by atoms with Crippen LogP contribution in [0.3, 0.4) is 0 Å². The molecule has 4 nitrogen and oxygen atoms in total. The van der Waals surface area contributed by atoms with Gasteiger partial charge in [-0.15, -0.1) is 0 Å². The zero-order valence-corrected chi connectivity index (χ0v) is 17.7. The Bertz CT molecular complexity index is 850. The summed E-state index contributed by atoms with van der Waals surface area (Å²) in [5.41, 5.74) is 5.48. The molecule has 0 radical (unpaired) electrons. The summed E-state index contributed by atoms with van der Waals surface area (Å²) in [6, 6.07) is 16.7. The minimum absolute atomic E-state index is 0.103. The molecule has 28 heavy (non-hydrogen) atoms. The fourth-order valence-corrected chi connectivity index (χ4v) is 3.86. The van der Waals surface area contributed by atoms with Crippen LogP contribution in [-0.2, 0) is 4.79 Å². The summed E-state index contributed by atoms with van der Waals surface area (Å²) in [6.07, 6.45) is 2.10. The minimum Gasteiger partial charge on any atom is -0.375 e. The molecule has 2 aromatic rings. The molecule has 0 aromatic heterocycles. The van der Waals surface area contributed by atoms with Gasteiger partial charge in [-0.25, -0.2) is 5.01 Å². The summed E-state index contributed by atoms with van der Waals surface area (Å²) in [6.45, 7) is 9.24. The van der Waals surface area contributed by atoms with Crippen molar-refractivity contribution in [3.63, 3.8) is 0 Å². The molecule has 4 heteroatoms. The molecule has 0 bridgehead atoms. The van der Waals surface area contributed by atoms with Gasteiger partial charge in [0.1, 0.15) is 0 Å². The van der Waals surface area contributed by atoms with Crippen molar-refractivity contribution < 1.29 is 4.79 Å². The maximum absolute atomic E-state index is 12.9. The van der Waals surface area contributed by atoms with Gasteiger partial charge in [0.25, 0.3) is 0 Å². The van der Waals surface area contributed by atoms with Crippen molar-refractivity contribution in [1.29, 1.82) is 0 Å². The first-order valence-corrected chi connectivity index (χ1v) is 10.0. The van der Waals surface area contributed by atoms with Gasteiger partial charge >= 0.3 is 0 Å². The van der Waals surface area contributed by atoms with Crippen molar-refractivity contribution in [2.24, 2.45) is 5.10 Å². The predicted octanol–water partition coefficient (Wildman–Crippen LogP) is 4.94. The van der Waals surface area contributed by atoms with Crippen LogP contribution >= 0.6 is 0 Å². The molecule has 0 saturated carbocycles. The Morgan fingerprint density at radius 1 is 1.11 bits per heavy atom. The van der Waals surface area contributed by atoms with E-state index in [0.717, 1.165) is 30.7 Å². The number of anilines is 1. The molecule has 0 spiro atoms. The normalized spacial score (nSPS) is 15.5. The molecular formula is C24H31N3O. The van der Waals surface area contributed by atoms with Crippen molar-refractivity contribution in [3.8, 4) is 0 Å². The molecule has 0 N–H and O–H groups in total. The van der Waals surface area contributed by atoms with E-state index in [1.165, 1.54) is 16.8 Å². The molecule has 0 saturated heterocycles. The first-order chi connectivity index (χ1) is 13.3. The van der Waals surface area contributed by atoms with E-state index in [4.69, 9.17) is 5.10 Å². The average molecular weight is 378 g/mol. The summed E-state index contributed by atoms with van der Waals surface area (Å²) in [5, 5.41) is 6.45. The largest absolute Gasteiger partial charge is 0.375 e. The van der Waals surface area contributed by atoms with Crippen molar-refractivity contribution in [2.75, 3.05) is 18.5 Å². The Morgan fingerprint density at radius 2 is 1.75 bits per heavy atom. The average Bonchev–Trinajstić information content (AvgIpc) is 2.97. The number of hydrazone groups is 1. The number of hydrogen-bond acceptors (Lipinski definition) is 3. The van der Waals surface area contributed by atoms with Crippen molar-refractivity contribution in [2.45, 2.75) is 52.5 Å². The smallest absolute Gasteiger partial charge is 0.243 e. The zero-order chi connectivity index (χ0) is 20.3. The predicted molar refractivity (Wildman–Crippen MR) is 117 cm³/mol. The van der Waals surface area contributed by atoms with Crippen molar-refractivity contribution in [1.82, 2.24) is 5.01 Å². The monoisotopic (exact) mass is 377 g/mol. The van der Waals surface area contributed by atoms with E-state index in [2.05, 4.69) is 70.0 Å². The molecule has 1 amide bonds. The van der Waals surface area contributed by atoms with Crippen molar-refractivity contribution >= 4 is 17.3 Å². The number of carbonyl (C=O) groups is 1. The standard InChI is InChI=1S/C24H31N3O/c1-18-14-19(2)16-20(15-18)22-17-24(3,4)27(25-22)23(28)12-9-13-26(5)21-10-7-6-8-11-21/h6-8,10-11,14-16H,9,12-13,17H2,1-5H3. The molecule has 1 aliphatic rings. The highest BCUT2D eigenvalue weighted by Crippen LogP contribution is 2.31. The second kappa shape index (κ2) is 8.17. The lowest BCUT2D eigenvalue weighted by Gasteiger charge is -2.29. The Hall–Kier alpha value is -2.62. The Labute approximate surface area is 168 Å². The van der Waals surface area contributed by atoms with Crippen LogP contribution in [0.5, 0.6) is 0 Å². The zero-order valence-electron chi connectivity index (χ0n) is 17.7. The fraction of sp³-hybridized carbons (Fsp3) is 0.417. The maximum atomic E-state index is 12.9. The summed E-state index contributed by atoms with van der Waals surface area (Å²) in [5.74, 6) is 0.103. The van der Waals surface area contributed by atoms with Gasteiger partial charge in [0, 0.05) is 32.1 Å². The summed E-state index contributed by atoms with van der Waals surface area (Å²) in [7, 11) is 2.07. The van der Waals surface area contributed by atoms with Crippen LogP contribution in [-0.4, -0.2) is 35.8 Å². The third-order valence-electron chi connectivity index (χ3n) is 5.27. The highest BCUT2D eigenvalue weighted by molar-refractivity contribution is 6.03. The van der Waals surface area contributed by atoms with E-state index in [9.17, 15) is 4.79 Å². The highest BCUT2D eigenvalue weighted by atomic mass is 16.2. The van der Waals surface area contributed by atoms with Gasteiger partial charge in [-0.1, -0.05) is 47.5 Å². The van der Waals surface area contributed by atoms with Gasteiger partial charge in [-0.2, -0.15) is 5.10 Å². The van der Waals surface area contributed by atoms with E-state index >= 15 is 0 Å². The van der Waals surface area contributed by atoms with Crippen LogP contribution in [0.4, 0.5) is 5.69 Å². The van der Waals surface area contributed by atoms with Gasteiger partial charge < -0.3 is 4.90 Å². The van der Waals surface area contributed by atoms with E-state index in [-0.39, 0.29) is 11.4 Å². The lowest BCUT2D eigenvalue weighted by molar-refractivity contribution is -0.135. The number of carbonyl (C=O) groups excluding carboxylic acids is 1. The van der Waals surface area contributed by atoms with Crippen LogP contribution in [0.1, 0.15) is 49.8 Å². The first kappa shape index (κ1) is 20.1.